The van der Waals surface area contributed by atoms with Crippen LogP contribution < -0.4 is 16.4 Å². The molecule has 1 atom stereocenters. The van der Waals surface area contributed by atoms with Crippen LogP contribution in [0.15, 0.2) is 82.1 Å². The molecule has 31 heavy (non-hydrogen) atoms. The highest BCUT2D eigenvalue weighted by molar-refractivity contribution is 6.05. The van der Waals surface area contributed by atoms with Crippen LogP contribution in [0.2, 0.25) is 0 Å². The fraction of sp³-hybridized carbons (Fsp3) is 0.130. The first kappa shape index (κ1) is 20.1. The Kier molecular flexibility index (Phi) is 5.61. The van der Waals surface area contributed by atoms with Crippen molar-refractivity contribution < 1.29 is 14.0 Å². The van der Waals surface area contributed by atoms with Gasteiger partial charge in [-0.15, -0.1) is 0 Å². The van der Waals surface area contributed by atoms with Crippen molar-refractivity contribution in [3.63, 3.8) is 0 Å². The van der Waals surface area contributed by atoms with Crippen molar-refractivity contribution in [2.24, 2.45) is 0 Å². The first-order valence-electron chi connectivity index (χ1n) is 9.71. The monoisotopic (exact) mass is 416 g/mol. The molecule has 4 rings (SSSR count). The fourth-order valence-corrected chi connectivity index (χ4v) is 3.21. The highest BCUT2D eigenvalue weighted by Gasteiger charge is 2.17. The number of hydrogen-bond acceptors (Lipinski definition) is 5. The van der Waals surface area contributed by atoms with Crippen LogP contribution in [-0.2, 0) is 11.3 Å². The lowest BCUT2D eigenvalue weighted by Gasteiger charge is -2.13. The smallest absolute Gasteiger partial charge is 0.408 e. The summed E-state index contributed by atoms with van der Waals surface area (Å²) in [6, 6.07) is 18.8. The summed E-state index contributed by atoms with van der Waals surface area (Å²) in [7, 11) is 0. The third kappa shape index (κ3) is 4.53. The average molecular weight is 416 g/mol. The van der Waals surface area contributed by atoms with Crippen molar-refractivity contribution in [1.82, 2.24) is 14.9 Å². The van der Waals surface area contributed by atoms with Crippen LogP contribution in [0.3, 0.4) is 0 Å². The Morgan fingerprint density at radius 1 is 1.06 bits per heavy atom. The van der Waals surface area contributed by atoms with E-state index in [0.717, 1.165) is 0 Å². The van der Waals surface area contributed by atoms with Crippen molar-refractivity contribution in [3.05, 3.63) is 94.7 Å². The Morgan fingerprint density at radius 3 is 2.58 bits per heavy atom. The van der Waals surface area contributed by atoms with E-state index in [-0.39, 0.29) is 24.4 Å². The first-order chi connectivity index (χ1) is 15.0. The number of anilines is 1. The van der Waals surface area contributed by atoms with Crippen molar-refractivity contribution in [1.29, 1.82) is 0 Å². The normalized spacial score (nSPS) is 11.8. The molecule has 2 aromatic heterocycles. The van der Waals surface area contributed by atoms with Gasteiger partial charge in [-0.1, -0.05) is 24.3 Å². The molecule has 0 unspecified atom stereocenters. The molecule has 0 radical (unpaired) electrons. The molecular weight excluding hydrogens is 396 g/mol. The molecule has 8 nitrogen and oxygen atoms in total. The molecular formula is C23H20N4O4. The third-order valence-corrected chi connectivity index (χ3v) is 4.77. The summed E-state index contributed by atoms with van der Waals surface area (Å²) >= 11 is 0. The Hall–Kier alpha value is -4.20. The van der Waals surface area contributed by atoms with E-state index in [1.54, 1.807) is 36.5 Å². The van der Waals surface area contributed by atoms with E-state index in [0.29, 0.717) is 28.0 Å². The molecule has 0 bridgehead atoms. The van der Waals surface area contributed by atoms with Gasteiger partial charge in [-0.2, -0.15) is 0 Å². The second kappa shape index (κ2) is 8.66. The number of oxazole rings is 1. The van der Waals surface area contributed by atoms with E-state index in [2.05, 4.69) is 15.6 Å². The minimum Gasteiger partial charge on any atom is -0.408 e. The summed E-state index contributed by atoms with van der Waals surface area (Å²) in [6.45, 7) is 1.56. The van der Waals surface area contributed by atoms with Crippen LogP contribution in [0.5, 0.6) is 0 Å². The predicted molar refractivity (Wildman–Crippen MR) is 116 cm³/mol. The number of nitrogens with one attached hydrogen (secondary N) is 2. The largest absolute Gasteiger partial charge is 0.420 e. The van der Waals surface area contributed by atoms with Gasteiger partial charge >= 0.3 is 5.76 Å². The predicted octanol–water partition coefficient (Wildman–Crippen LogP) is 3.12. The van der Waals surface area contributed by atoms with Gasteiger partial charge in [0, 0.05) is 17.4 Å². The third-order valence-electron chi connectivity index (χ3n) is 4.77. The number of hydrogen-bond donors (Lipinski definition) is 2. The number of benzene rings is 2. The fourth-order valence-electron chi connectivity index (χ4n) is 3.21. The van der Waals surface area contributed by atoms with E-state index >= 15 is 0 Å². The summed E-state index contributed by atoms with van der Waals surface area (Å²) in [6.07, 6.45) is 1.65. The molecule has 0 aliphatic carbocycles. The minimum absolute atomic E-state index is 0.243. The minimum atomic E-state index is -0.670. The molecule has 2 heterocycles. The maximum absolute atomic E-state index is 12.6. The molecule has 2 N–H and O–H groups in total. The number of aromatic nitrogens is 2. The molecule has 156 valence electrons. The lowest BCUT2D eigenvalue weighted by molar-refractivity contribution is -0.122. The van der Waals surface area contributed by atoms with Crippen LogP contribution in [0, 0.1) is 0 Å². The number of para-hydroxylation sites is 1. The quantitative estimate of drug-likeness (QED) is 0.502. The van der Waals surface area contributed by atoms with Crippen molar-refractivity contribution in [2.75, 3.05) is 5.32 Å². The molecule has 0 saturated carbocycles. The van der Waals surface area contributed by atoms with Gasteiger partial charge in [0.2, 0.25) is 5.91 Å². The van der Waals surface area contributed by atoms with Gasteiger partial charge < -0.3 is 15.1 Å². The lowest BCUT2D eigenvalue weighted by atomic mass is 10.2. The van der Waals surface area contributed by atoms with Crippen molar-refractivity contribution in [2.45, 2.75) is 19.5 Å². The first-order valence-corrected chi connectivity index (χ1v) is 9.71. The number of nitrogens with zero attached hydrogens (tertiary/aromatic N) is 2. The van der Waals surface area contributed by atoms with Gasteiger partial charge in [0.05, 0.1) is 17.3 Å². The molecule has 2 aromatic carbocycles. The zero-order valence-electron chi connectivity index (χ0n) is 16.7. The summed E-state index contributed by atoms with van der Waals surface area (Å²) in [5, 5.41) is 5.61. The van der Waals surface area contributed by atoms with E-state index in [4.69, 9.17) is 4.42 Å². The van der Waals surface area contributed by atoms with Gasteiger partial charge in [-0.3, -0.25) is 19.1 Å². The molecule has 0 fully saturated rings. The number of amides is 2. The molecule has 8 heteroatoms. The molecule has 0 aliphatic rings. The standard InChI is InChI=1S/C23H20N4O4/c1-15(18-9-5-6-12-24-18)25-21(28)14-27-19-13-16(10-11-20(19)31-23(27)30)22(29)26-17-7-3-2-4-8-17/h2-13,15H,14H2,1H3,(H,25,28)(H,26,29)/t15-/m1/s1. The van der Waals surface area contributed by atoms with Gasteiger partial charge in [0.25, 0.3) is 5.91 Å². The molecule has 0 aliphatic heterocycles. The average Bonchev–Trinajstić information content (AvgIpc) is 3.09. The van der Waals surface area contributed by atoms with Gasteiger partial charge in [0.15, 0.2) is 5.58 Å². The highest BCUT2D eigenvalue weighted by atomic mass is 16.4. The van der Waals surface area contributed by atoms with E-state index in [1.807, 2.05) is 37.3 Å². The van der Waals surface area contributed by atoms with Crippen molar-refractivity contribution >= 4 is 28.6 Å². The van der Waals surface area contributed by atoms with Crippen LogP contribution in [-0.4, -0.2) is 21.4 Å². The number of carbonyl (C=O) groups excluding carboxylic acids is 2. The maximum Gasteiger partial charge on any atom is 0.420 e. The van der Waals surface area contributed by atoms with Crippen LogP contribution >= 0.6 is 0 Å². The number of rotatable bonds is 6. The maximum atomic E-state index is 12.6. The zero-order valence-corrected chi connectivity index (χ0v) is 16.7. The lowest BCUT2D eigenvalue weighted by Crippen LogP contribution is -2.32. The summed E-state index contributed by atoms with van der Waals surface area (Å²) in [4.78, 5) is 41.6. The van der Waals surface area contributed by atoms with Crippen molar-refractivity contribution in [3.8, 4) is 0 Å². The van der Waals surface area contributed by atoms with Gasteiger partial charge in [0.1, 0.15) is 6.54 Å². The molecule has 0 saturated heterocycles. The Morgan fingerprint density at radius 2 is 1.84 bits per heavy atom. The Balaban J connectivity index is 1.54. The van der Waals surface area contributed by atoms with Crippen LogP contribution in [0.1, 0.15) is 29.0 Å². The second-order valence-electron chi connectivity index (χ2n) is 7.00. The Bertz CT molecular complexity index is 1280. The Labute approximate surface area is 177 Å². The molecule has 2 amide bonds. The SMILES string of the molecule is C[C@@H](NC(=O)Cn1c(=O)oc2ccc(C(=O)Nc3ccccc3)cc21)c1ccccn1. The van der Waals surface area contributed by atoms with E-state index < -0.39 is 5.76 Å². The number of fused-ring (bicyclic) bond motifs is 1. The summed E-state index contributed by atoms with van der Waals surface area (Å²) < 4.78 is 6.43. The van der Waals surface area contributed by atoms with E-state index in [9.17, 15) is 14.4 Å². The highest BCUT2D eigenvalue weighted by Crippen LogP contribution is 2.17. The summed E-state index contributed by atoms with van der Waals surface area (Å²) in [5.74, 6) is -1.38. The second-order valence-corrected chi connectivity index (χ2v) is 7.00. The van der Waals surface area contributed by atoms with E-state index in [1.165, 1.54) is 10.6 Å². The molecule has 0 spiro atoms. The topological polar surface area (TPSA) is 106 Å². The number of pyridine rings is 1. The van der Waals surface area contributed by atoms with Gasteiger partial charge in [-0.25, -0.2) is 4.79 Å². The van der Waals surface area contributed by atoms with Crippen LogP contribution in [0.4, 0.5) is 5.69 Å². The van der Waals surface area contributed by atoms with Crippen LogP contribution in [0.25, 0.3) is 11.1 Å². The zero-order chi connectivity index (χ0) is 21.8. The van der Waals surface area contributed by atoms with Gasteiger partial charge in [-0.05, 0) is 49.4 Å². The molecule has 4 aromatic rings. The number of carbonyl (C=O) groups is 2. The summed E-state index contributed by atoms with van der Waals surface area (Å²) in [5.41, 5.74) is 2.37.